The van der Waals surface area contributed by atoms with Gasteiger partial charge in [0, 0.05) is 39.3 Å². The molecule has 0 heterocycles. The monoisotopic (exact) mass is 375 g/mol. The van der Waals surface area contributed by atoms with Gasteiger partial charge < -0.3 is 35.6 Å². The molecule has 2 rings (SSSR count). The van der Waals surface area contributed by atoms with Gasteiger partial charge in [-0.2, -0.15) is 0 Å². The van der Waals surface area contributed by atoms with Gasteiger partial charge in [-0.05, 0) is 35.4 Å². The van der Waals surface area contributed by atoms with Crippen LogP contribution in [0.25, 0.3) is 0 Å². The summed E-state index contributed by atoms with van der Waals surface area (Å²) in [5.41, 5.74) is 2.13. The third kappa shape index (κ3) is 6.97. The van der Waals surface area contributed by atoms with Crippen LogP contribution < -0.4 is 25.4 Å². The zero-order valence-electron chi connectivity index (χ0n) is 15.9. The average molecular weight is 375 g/mol. The summed E-state index contributed by atoms with van der Waals surface area (Å²) in [7, 11) is 3.09. The zero-order valence-corrected chi connectivity index (χ0v) is 15.9. The van der Waals surface area contributed by atoms with Gasteiger partial charge in [-0.3, -0.25) is 0 Å². The third-order valence-electron chi connectivity index (χ3n) is 4.10. The minimum Gasteiger partial charge on any atom is -0.504 e. The highest BCUT2D eigenvalue weighted by Crippen LogP contribution is 2.26. The molecule has 0 aliphatic carbocycles. The molecule has 0 amide bonds. The summed E-state index contributed by atoms with van der Waals surface area (Å²) < 4.78 is 10.2. The van der Waals surface area contributed by atoms with Crippen molar-refractivity contribution in [1.82, 2.24) is 16.0 Å². The number of ether oxygens (including phenoxy) is 2. The molecular weight excluding hydrogens is 346 g/mol. The molecule has 0 saturated heterocycles. The Morgan fingerprint density at radius 1 is 0.667 bits per heavy atom. The maximum absolute atomic E-state index is 9.58. The Hall–Kier alpha value is -2.48. The Kier molecular flexibility index (Phi) is 8.70. The number of aromatic hydroxyl groups is 2. The van der Waals surface area contributed by atoms with Crippen molar-refractivity contribution in [3.8, 4) is 23.0 Å². The lowest BCUT2D eigenvalue weighted by Crippen LogP contribution is -2.32. The number of phenols is 2. The summed E-state index contributed by atoms with van der Waals surface area (Å²) in [6.07, 6.45) is 0. The second-order valence-electron chi connectivity index (χ2n) is 6.12. The molecule has 0 aliphatic rings. The van der Waals surface area contributed by atoms with Gasteiger partial charge in [0.2, 0.25) is 0 Å². The molecule has 5 N–H and O–H groups in total. The van der Waals surface area contributed by atoms with E-state index in [9.17, 15) is 10.2 Å². The first-order valence-electron chi connectivity index (χ1n) is 8.98. The van der Waals surface area contributed by atoms with E-state index in [1.807, 2.05) is 24.3 Å². The Balaban J connectivity index is 1.52. The predicted molar refractivity (Wildman–Crippen MR) is 106 cm³/mol. The second-order valence-corrected chi connectivity index (χ2v) is 6.12. The Morgan fingerprint density at radius 2 is 1.07 bits per heavy atom. The van der Waals surface area contributed by atoms with Crippen LogP contribution in [-0.4, -0.2) is 50.6 Å². The van der Waals surface area contributed by atoms with Gasteiger partial charge in [0.1, 0.15) is 0 Å². The van der Waals surface area contributed by atoms with E-state index in [1.165, 1.54) is 0 Å². The van der Waals surface area contributed by atoms with E-state index in [4.69, 9.17) is 9.47 Å². The van der Waals surface area contributed by atoms with Gasteiger partial charge in [-0.25, -0.2) is 0 Å². The topological polar surface area (TPSA) is 95.0 Å². The van der Waals surface area contributed by atoms with Crippen molar-refractivity contribution >= 4 is 0 Å². The van der Waals surface area contributed by atoms with E-state index < -0.39 is 0 Å². The van der Waals surface area contributed by atoms with Crippen LogP contribution >= 0.6 is 0 Å². The highest BCUT2D eigenvalue weighted by atomic mass is 16.5. The van der Waals surface area contributed by atoms with Crippen molar-refractivity contribution in [3.63, 3.8) is 0 Å². The van der Waals surface area contributed by atoms with Crippen LogP contribution in [0.15, 0.2) is 36.4 Å². The molecule has 0 atom stereocenters. The third-order valence-corrected chi connectivity index (χ3v) is 4.10. The van der Waals surface area contributed by atoms with Crippen LogP contribution in [0.3, 0.4) is 0 Å². The smallest absolute Gasteiger partial charge is 0.160 e. The summed E-state index contributed by atoms with van der Waals surface area (Å²) in [6.45, 7) is 4.86. The number of hydrogen-bond acceptors (Lipinski definition) is 7. The minimum absolute atomic E-state index is 0.154. The molecule has 0 saturated carbocycles. The van der Waals surface area contributed by atoms with E-state index in [2.05, 4.69) is 16.0 Å². The first-order chi connectivity index (χ1) is 13.1. The number of nitrogens with one attached hydrogen (secondary N) is 3. The van der Waals surface area contributed by atoms with Crippen molar-refractivity contribution in [2.24, 2.45) is 0 Å². The van der Waals surface area contributed by atoms with E-state index in [0.717, 1.165) is 50.4 Å². The summed E-state index contributed by atoms with van der Waals surface area (Å²) in [5.74, 6) is 1.29. The molecule has 148 valence electrons. The Bertz CT molecular complexity index is 650. The normalized spacial score (nSPS) is 10.7. The molecule has 0 aromatic heterocycles. The van der Waals surface area contributed by atoms with Crippen LogP contribution in [0.4, 0.5) is 0 Å². The first kappa shape index (κ1) is 20.8. The molecule has 27 heavy (non-hydrogen) atoms. The van der Waals surface area contributed by atoms with E-state index in [0.29, 0.717) is 11.5 Å². The van der Waals surface area contributed by atoms with Crippen molar-refractivity contribution in [2.45, 2.75) is 13.1 Å². The molecular formula is C20H29N3O4. The number of phenolic OH excluding ortho intramolecular Hbond substituents is 2. The summed E-state index contributed by atoms with van der Waals surface area (Å²) >= 11 is 0. The van der Waals surface area contributed by atoms with Crippen molar-refractivity contribution in [3.05, 3.63) is 47.5 Å². The quantitative estimate of drug-likeness (QED) is 0.360. The molecule has 0 fully saturated rings. The summed E-state index contributed by atoms with van der Waals surface area (Å²) in [5, 5.41) is 29.2. The van der Waals surface area contributed by atoms with Crippen LogP contribution in [0.2, 0.25) is 0 Å². The lowest BCUT2D eigenvalue weighted by atomic mass is 10.2. The molecule has 0 bridgehead atoms. The average Bonchev–Trinajstić information content (AvgIpc) is 2.69. The zero-order chi connectivity index (χ0) is 19.5. The SMILES string of the molecule is COc1cc(CNCCNCCNCc2ccc(O)c(OC)c2)ccc1O. The molecule has 0 unspecified atom stereocenters. The molecule has 0 aliphatic heterocycles. The standard InChI is InChI=1S/C20H29N3O4/c1-26-19-11-15(3-5-17(19)24)13-22-9-7-21-8-10-23-14-16-4-6-18(25)20(12-16)27-2/h3-6,11-12,21-25H,7-10,13-14H2,1-2H3. The lowest BCUT2D eigenvalue weighted by Gasteiger charge is -2.10. The number of benzene rings is 2. The highest BCUT2D eigenvalue weighted by molar-refractivity contribution is 5.42. The van der Waals surface area contributed by atoms with Gasteiger partial charge in [0.15, 0.2) is 23.0 Å². The van der Waals surface area contributed by atoms with Crippen LogP contribution in [0.5, 0.6) is 23.0 Å². The minimum atomic E-state index is 0.154. The van der Waals surface area contributed by atoms with E-state index >= 15 is 0 Å². The fourth-order valence-corrected chi connectivity index (χ4v) is 2.61. The number of methoxy groups -OCH3 is 2. The summed E-state index contributed by atoms with van der Waals surface area (Å²) in [6, 6.07) is 10.7. The van der Waals surface area contributed by atoms with E-state index in [1.54, 1.807) is 26.4 Å². The largest absolute Gasteiger partial charge is 0.504 e. The number of hydrogen-bond donors (Lipinski definition) is 5. The van der Waals surface area contributed by atoms with Crippen LogP contribution in [0.1, 0.15) is 11.1 Å². The van der Waals surface area contributed by atoms with Gasteiger partial charge in [0.25, 0.3) is 0 Å². The molecule has 7 heteroatoms. The number of rotatable bonds is 12. The molecule has 2 aromatic carbocycles. The molecule has 0 radical (unpaired) electrons. The fourth-order valence-electron chi connectivity index (χ4n) is 2.61. The highest BCUT2D eigenvalue weighted by Gasteiger charge is 2.03. The molecule has 0 spiro atoms. The van der Waals surface area contributed by atoms with Gasteiger partial charge in [-0.15, -0.1) is 0 Å². The molecule has 2 aromatic rings. The maximum atomic E-state index is 9.58. The lowest BCUT2D eigenvalue weighted by molar-refractivity contribution is 0.372. The first-order valence-corrected chi connectivity index (χ1v) is 8.98. The fraction of sp³-hybridized carbons (Fsp3) is 0.400. The molecule has 7 nitrogen and oxygen atoms in total. The van der Waals surface area contributed by atoms with Crippen molar-refractivity contribution < 1.29 is 19.7 Å². The van der Waals surface area contributed by atoms with E-state index in [-0.39, 0.29) is 11.5 Å². The van der Waals surface area contributed by atoms with Gasteiger partial charge in [-0.1, -0.05) is 12.1 Å². The summed E-state index contributed by atoms with van der Waals surface area (Å²) in [4.78, 5) is 0. The van der Waals surface area contributed by atoms with Gasteiger partial charge in [0.05, 0.1) is 14.2 Å². The predicted octanol–water partition coefficient (Wildman–Crippen LogP) is 1.58. The Morgan fingerprint density at radius 3 is 1.48 bits per heavy atom. The van der Waals surface area contributed by atoms with Crippen molar-refractivity contribution in [1.29, 1.82) is 0 Å². The maximum Gasteiger partial charge on any atom is 0.160 e. The van der Waals surface area contributed by atoms with Crippen LogP contribution in [0, 0.1) is 0 Å². The van der Waals surface area contributed by atoms with Crippen molar-refractivity contribution in [2.75, 3.05) is 40.4 Å². The Labute approximate surface area is 160 Å². The van der Waals surface area contributed by atoms with Crippen LogP contribution in [-0.2, 0) is 13.1 Å². The second kappa shape index (κ2) is 11.3. The van der Waals surface area contributed by atoms with Gasteiger partial charge >= 0.3 is 0 Å².